The number of esters is 1. The van der Waals surface area contributed by atoms with Gasteiger partial charge in [0.05, 0.1) is 31.2 Å². The van der Waals surface area contributed by atoms with E-state index < -0.39 is 5.97 Å². The van der Waals surface area contributed by atoms with Gasteiger partial charge in [0.15, 0.2) is 0 Å². The van der Waals surface area contributed by atoms with Crippen LogP contribution in [-0.2, 0) is 19.1 Å². The molecule has 0 aromatic rings. The second kappa shape index (κ2) is 7.23. The maximum atomic E-state index is 11.3. The van der Waals surface area contributed by atoms with Crippen molar-refractivity contribution >= 4 is 29.6 Å². The summed E-state index contributed by atoms with van der Waals surface area (Å²) >= 11 is 1.28. The van der Waals surface area contributed by atoms with E-state index in [1.807, 2.05) is 0 Å². The number of aliphatic carboxylic acids is 1. The topological polar surface area (TPSA) is 86.7 Å². The van der Waals surface area contributed by atoms with Crippen LogP contribution >= 0.6 is 11.8 Å². The zero-order chi connectivity index (χ0) is 13.3. The van der Waals surface area contributed by atoms with E-state index in [-0.39, 0.29) is 81.4 Å². The first-order valence-electron chi connectivity index (χ1n) is 5.50. The van der Waals surface area contributed by atoms with Gasteiger partial charge in [0, 0.05) is 23.5 Å². The Labute approximate surface area is 157 Å². The van der Waals surface area contributed by atoms with Crippen LogP contribution in [0.1, 0.15) is 19.3 Å². The van der Waals surface area contributed by atoms with E-state index in [0.717, 1.165) is 0 Å². The normalized spacial score (nSPS) is 20.6. The number of nitrogens with zero attached hydrogens (tertiary/aromatic N) is 1. The Morgan fingerprint density at radius 1 is 1.47 bits per heavy atom. The van der Waals surface area contributed by atoms with Gasteiger partial charge in [-0.2, -0.15) is 0 Å². The number of β-lactam (4-membered cyclic amide) rings is 1. The summed E-state index contributed by atoms with van der Waals surface area (Å²) < 4.78 is 4.50. The summed E-state index contributed by atoms with van der Waals surface area (Å²) in [6, 6.07) is -0.0361. The number of fused-ring (bicyclic) bond motifs is 1. The summed E-state index contributed by atoms with van der Waals surface area (Å²) in [7, 11) is 1.30. The number of carbonyl (C=O) groups is 3. The molecular formula is C11H12KNO5S. The second-order valence-corrected chi connectivity index (χ2v) is 5.25. The summed E-state index contributed by atoms with van der Waals surface area (Å²) in [5.74, 6) is -1.41. The number of ether oxygens (including phenoxy) is 1. The first-order chi connectivity index (χ1) is 8.54. The van der Waals surface area contributed by atoms with Crippen LogP contribution < -0.4 is 56.5 Å². The molecule has 0 aromatic heterocycles. The van der Waals surface area contributed by atoms with E-state index in [1.165, 1.54) is 23.8 Å². The van der Waals surface area contributed by atoms with E-state index in [2.05, 4.69) is 4.74 Å². The van der Waals surface area contributed by atoms with Gasteiger partial charge in [0.25, 0.3) is 0 Å². The van der Waals surface area contributed by atoms with Gasteiger partial charge in [-0.05, 0) is 0 Å². The Kier molecular flexibility index (Phi) is 6.54. The average Bonchev–Trinajstić information content (AvgIpc) is 2.61. The molecule has 0 radical (unpaired) electrons. The van der Waals surface area contributed by atoms with Crippen molar-refractivity contribution < 1.29 is 75.6 Å². The van der Waals surface area contributed by atoms with Crippen molar-refractivity contribution in [1.29, 1.82) is 0 Å². The Morgan fingerprint density at radius 2 is 2.16 bits per heavy atom. The average molecular weight is 309 g/mol. The number of hydrogen-bond acceptors (Lipinski definition) is 6. The van der Waals surface area contributed by atoms with Crippen molar-refractivity contribution in [3.05, 3.63) is 10.6 Å². The number of carboxylic acid groups (broad SMARTS) is 1. The summed E-state index contributed by atoms with van der Waals surface area (Å²) in [5, 5.41) is 11.0. The number of amides is 1. The van der Waals surface area contributed by atoms with Crippen LogP contribution in [-0.4, -0.2) is 41.7 Å². The molecule has 0 aliphatic carbocycles. The van der Waals surface area contributed by atoms with Crippen molar-refractivity contribution in [2.75, 3.05) is 12.9 Å². The molecule has 19 heavy (non-hydrogen) atoms. The molecule has 2 heterocycles. The first-order valence-corrected chi connectivity index (χ1v) is 6.49. The third kappa shape index (κ3) is 3.62. The molecule has 0 N–H and O–H groups in total. The van der Waals surface area contributed by atoms with Gasteiger partial charge >= 0.3 is 57.4 Å². The van der Waals surface area contributed by atoms with Gasteiger partial charge in [-0.25, -0.2) is 0 Å². The fourth-order valence-corrected chi connectivity index (χ4v) is 3.24. The molecular weight excluding hydrogens is 297 g/mol. The molecule has 0 aromatic carbocycles. The second-order valence-electron chi connectivity index (χ2n) is 4.06. The number of rotatable bonds is 5. The van der Waals surface area contributed by atoms with Gasteiger partial charge in [0.1, 0.15) is 0 Å². The third-order valence-electron chi connectivity index (χ3n) is 2.97. The SMILES string of the molecule is COC(=O)CCSC1=C(C(=O)[O-])N2C(=O)CC2C1.[K+]. The van der Waals surface area contributed by atoms with Crippen LogP contribution in [0.5, 0.6) is 0 Å². The van der Waals surface area contributed by atoms with E-state index in [1.54, 1.807) is 0 Å². The van der Waals surface area contributed by atoms with Crippen LogP contribution in [0, 0.1) is 0 Å². The third-order valence-corrected chi connectivity index (χ3v) is 4.09. The van der Waals surface area contributed by atoms with E-state index in [4.69, 9.17) is 0 Å². The first kappa shape index (κ1) is 17.2. The minimum atomic E-state index is -1.33. The summed E-state index contributed by atoms with van der Waals surface area (Å²) in [6.45, 7) is 0. The summed E-state index contributed by atoms with van der Waals surface area (Å²) in [4.78, 5) is 35.2. The van der Waals surface area contributed by atoms with E-state index in [9.17, 15) is 19.5 Å². The molecule has 2 aliphatic heterocycles. The molecule has 2 rings (SSSR count). The molecule has 0 saturated carbocycles. The molecule has 1 atom stereocenters. The van der Waals surface area contributed by atoms with Crippen molar-refractivity contribution in [2.24, 2.45) is 0 Å². The van der Waals surface area contributed by atoms with Crippen LogP contribution in [0.2, 0.25) is 0 Å². The minimum Gasteiger partial charge on any atom is -0.543 e. The minimum absolute atomic E-state index is 0. The number of carboxylic acids is 1. The monoisotopic (exact) mass is 309 g/mol. The summed E-state index contributed by atoms with van der Waals surface area (Å²) in [5.41, 5.74) is -0.0221. The molecule has 2 aliphatic rings. The number of carbonyl (C=O) groups excluding carboxylic acids is 3. The molecule has 1 fully saturated rings. The maximum Gasteiger partial charge on any atom is 1.00 e. The quantitative estimate of drug-likeness (QED) is 0.295. The van der Waals surface area contributed by atoms with Crippen LogP contribution in [0.15, 0.2) is 10.6 Å². The Bertz CT molecular complexity index is 450. The van der Waals surface area contributed by atoms with Crippen molar-refractivity contribution in [1.82, 2.24) is 4.90 Å². The molecule has 8 heteroatoms. The number of thioether (sulfide) groups is 1. The molecule has 1 amide bonds. The standard InChI is InChI=1S/C11H13NO5S.K/c1-17-9(14)2-3-18-7-4-6-5-8(13)12(6)10(7)11(15)16;/h6H,2-5H2,1H3,(H,15,16);/q;+1/p-1. The summed E-state index contributed by atoms with van der Waals surface area (Å²) in [6.07, 6.45) is 1.14. The predicted molar refractivity (Wildman–Crippen MR) is 61.0 cm³/mol. The molecule has 98 valence electrons. The molecule has 0 bridgehead atoms. The molecule has 6 nitrogen and oxygen atoms in total. The zero-order valence-corrected chi connectivity index (χ0v) is 14.7. The molecule has 1 unspecified atom stereocenters. The van der Waals surface area contributed by atoms with Gasteiger partial charge in [-0.3, -0.25) is 9.59 Å². The zero-order valence-electron chi connectivity index (χ0n) is 10.8. The van der Waals surface area contributed by atoms with Gasteiger partial charge in [0.2, 0.25) is 5.91 Å². The van der Waals surface area contributed by atoms with Crippen molar-refractivity contribution in [2.45, 2.75) is 25.3 Å². The number of hydrogen-bond donors (Lipinski definition) is 0. The van der Waals surface area contributed by atoms with E-state index in [0.29, 0.717) is 23.5 Å². The van der Waals surface area contributed by atoms with Crippen LogP contribution in [0.25, 0.3) is 0 Å². The maximum absolute atomic E-state index is 11.3. The van der Waals surface area contributed by atoms with Crippen molar-refractivity contribution in [3.8, 4) is 0 Å². The van der Waals surface area contributed by atoms with Gasteiger partial charge in [-0.1, -0.05) is 0 Å². The Hall–Kier alpha value is 0.136. The van der Waals surface area contributed by atoms with Gasteiger partial charge in [-0.15, -0.1) is 11.8 Å². The smallest absolute Gasteiger partial charge is 0.543 e. The number of methoxy groups -OCH3 is 1. The van der Waals surface area contributed by atoms with E-state index >= 15 is 0 Å². The fraction of sp³-hybridized carbons (Fsp3) is 0.545. The van der Waals surface area contributed by atoms with Crippen molar-refractivity contribution in [3.63, 3.8) is 0 Å². The fourth-order valence-electron chi connectivity index (χ4n) is 2.10. The Morgan fingerprint density at radius 3 is 2.68 bits per heavy atom. The molecule has 0 spiro atoms. The molecule has 1 saturated heterocycles. The van der Waals surface area contributed by atoms with Crippen LogP contribution in [0.4, 0.5) is 0 Å². The van der Waals surface area contributed by atoms with Crippen LogP contribution in [0.3, 0.4) is 0 Å². The predicted octanol–water partition coefficient (Wildman–Crippen LogP) is -3.75. The Balaban J connectivity index is 0.00000180. The largest absolute Gasteiger partial charge is 1.00 e. The van der Waals surface area contributed by atoms with Gasteiger partial charge < -0.3 is 19.5 Å².